The van der Waals surface area contributed by atoms with E-state index in [2.05, 4.69) is 4.98 Å². The first kappa shape index (κ1) is 9.66. The highest BCUT2D eigenvalue weighted by molar-refractivity contribution is 5.73. The van der Waals surface area contributed by atoms with Gasteiger partial charge in [0.05, 0.1) is 6.10 Å². The minimum atomic E-state index is 0.273. The number of aromatic nitrogens is 1. The summed E-state index contributed by atoms with van der Waals surface area (Å²) in [4.78, 5) is 4.09. The van der Waals surface area contributed by atoms with Crippen molar-refractivity contribution in [2.24, 2.45) is 0 Å². The molecule has 1 aliphatic rings. The van der Waals surface area contributed by atoms with Crippen molar-refractivity contribution in [3.8, 4) is 5.75 Å². The average Bonchev–Trinajstić information content (AvgIpc) is 2.69. The van der Waals surface area contributed by atoms with Gasteiger partial charge in [-0.15, -0.1) is 0 Å². The fourth-order valence-corrected chi connectivity index (χ4v) is 1.91. The topological polar surface area (TPSA) is 44.5 Å². The van der Waals surface area contributed by atoms with Gasteiger partial charge in [0, 0.05) is 26.0 Å². The Morgan fingerprint density at radius 2 is 2.19 bits per heavy atom. The van der Waals surface area contributed by atoms with Crippen molar-refractivity contribution in [2.75, 3.05) is 7.11 Å². The summed E-state index contributed by atoms with van der Waals surface area (Å²) < 4.78 is 16.2. The Morgan fingerprint density at radius 1 is 1.31 bits per heavy atom. The molecule has 0 aliphatic heterocycles. The number of oxazole rings is 1. The maximum atomic E-state index is 5.80. The van der Waals surface area contributed by atoms with Gasteiger partial charge in [-0.25, -0.2) is 4.98 Å². The summed E-state index contributed by atoms with van der Waals surface area (Å²) in [5.74, 6) is 0.848. The van der Waals surface area contributed by atoms with Crippen LogP contribution in [0.25, 0.3) is 11.1 Å². The molecule has 4 heteroatoms. The fraction of sp³-hybridized carbons (Fsp3) is 0.417. The molecule has 0 unspecified atom stereocenters. The zero-order chi connectivity index (χ0) is 11.0. The van der Waals surface area contributed by atoms with Crippen LogP contribution in [-0.4, -0.2) is 24.3 Å². The summed E-state index contributed by atoms with van der Waals surface area (Å²) in [6.45, 7) is 0. The van der Waals surface area contributed by atoms with Crippen molar-refractivity contribution in [3.05, 3.63) is 24.6 Å². The normalized spacial score (nSPS) is 24.3. The van der Waals surface area contributed by atoms with E-state index in [0.29, 0.717) is 6.10 Å². The summed E-state index contributed by atoms with van der Waals surface area (Å²) in [7, 11) is 1.74. The average molecular weight is 219 g/mol. The van der Waals surface area contributed by atoms with Gasteiger partial charge in [0.25, 0.3) is 0 Å². The summed E-state index contributed by atoms with van der Waals surface area (Å²) in [5, 5.41) is 0. The second kappa shape index (κ2) is 3.79. The van der Waals surface area contributed by atoms with Crippen LogP contribution in [0.4, 0.5) is 0 Å². The molecule has 4 nitrogen and oxygen atoms in total. The van der Waals surface area contributed by atoms with Crippen molar-refractivity contribution >= 4 is 11.1 Å². The number of hydrogen-bond acceptors (Lipinski definition) is 4. The Balaban J connectivity index is 1.70. The highest BCUT2D eigenvalue weighted by Gasteiger charge is 2.30. The molecule has 1 aliphatic carbocycles. The van der Waals surface area contributed by atoms with Crippen molar-refractivity contribution < 1.29 is 13.9 Å². The lowest BCUT2D eigenvalue weighted by molar-refractivity contribution is -0.0380. The van der Waals surface area contributed by atoms with E-state index in [1.165, 1.54) is 6.39 Å². The van der Waals surface area contributed by atoms with E-state index in [0.717, 1.165) is 29.7 Å². The maximum absolute atomic E-state index is 5.80. The van der Waals surface area contributed by atoms with Gasteiger partial charge < -0.3 is 13.9 Å². The fourth-order valence-electron chi connectivity index (χ4n) is 1.91. The number of nitrogens with zero attached hydrogens (tertiary/aromatic N) is 1. The van der Waals surface area contributed by atoms with Gasteiger partial charge in [-0.3, -0.25) is 0 Å². The highest BCUT2D eigenvalue weighted by Crippen LogP contribution is 2.29. The van der Waals surface area contributed by atoms with Gasteiger partial charge in [-0.1, -0.05) is 0 Å². The van der Waals surface area contributed by atoms with Gasteiger partial charge in [0.1, 0.15) is 17.4 Å². The Hall–Kier alpha value is -1.55. The number of hydrogen-bond donors (Lipinski definition) is 0. The number of fused-ring (bicyclic) bond motifs is 1. The quantitative estimate of drug-likeness (QED) is 0.795. The summed E-state index contributed by atoms with van der Waals surface area (Å²) in [6.07, 6.45) is 4.01. The minimum absolute atomic E-state index is 0.273. The molecule has 0 saturated heterocycles. The van der Waals surface area contributed by atoms with Gasteiger partial charge in [-0.05, 0) is 12.1 Å². The van der Waals surface area contributed by atoms with Crippen molar-refractivity contribution in [3.63, 3.8) is 0 Å². The molecule has 84 valence electrons. The molecule has 1 aromatic carbocycles. The number of ether oxygens (including phenoxy) is 2. The number of benzene rings is 1. The van der Waals surface area contributed by atoms with Crippen LogP contribution in [0, 0.1) is 0 Å². The molecule has 1 fully saturated rings. The maximum Gasteiger partial charge on any atom is 0.181 e. The van der Waals surface area contributed by atoms with E-state index < -0.39 is 0 Å². The van der Waals surface area contributed by atoms with Gasteiger partial charge in [-0.2, -0.15) is 0 Å². The lowest BCUT2D eigenvalue weighted by Gasteiger charge is -2.34. The zero-order valence-electron chi connectivity index (χ0n) is 9.05. The third-order valence-corrected chi connectivity index (χ3v) is 2.99. The molecule has 0 radical (unpaired) electrons. The SMILES string of the molecule is COC1CC(Oc2ccc3ocnc3c2)C1. The Labute approximate surface area is 93.2 Å². The lowest BCUT2D eigenvalue weighted by atomic mass is 9.92. The largest absolute Gasteiger partial charge is 0.490 e. The molecule has 1 aromatic heterocycles. The molecule has 1 saturated carbocycles. The summed E-state index contributed by atoms with van der Waals surface area (Å²) in [6, 6.07) is 5.69. The summed E-state index contributed by atoms with van der Waals surface area (Å²) >= 11 is 0. The van der Waals surface area contributed by atoms with E-state index >= 15 is 0 Å². The monoisotopic (exact) mass is 219 g/mol. The van der Waals surface area contributed by atoms with Crippen LogP contribution in [0.1, 0.15) is 12.8 Å². The van der Waals surface area contributed by atoms with Crippen LogP contribution in [0.15, 0.2) is 29.0 Å². The third kappa shape index (κ3) is 1.65. The first-order valence-electron chi connectivity index (χ1n) is 5.38. The van der Waals surface area contributed by atoms with E-state index in [-0.39, 0.29) is 6.10 Å². The first-order chi connectivity index (χ1) is 7.85. The second-order valence-corrected chi connectivity index (χ2v) is 4.05. The Bertz CT molecular complexity index is 488. The van der Waals surface area contributed by atoms with Crippen LogP contribution < -0.4 is 4.74 Å². The van der Waals surface area contributed by atoms with E-state index in [1.54, 1.807) is 7.11 Å². The van der Waals surface area contributed by atoms with Crippen LogP contribution >= 0.6 is 0 Å². The van der Waals surface area contributed by atoms with Crippen molar-refractivity contribution in [2.45, 2.75) is 25.0 Å². The first-order valence-corrected chi connectivity index (χ1v) is 5.38. The van der Waals surface area contributed by atoms with Crippen molar-refractivity contribution in [1.82, 2.24) is 4.98 Å². The highest BCUT2D eigenvalue weighted by atomic mass is 16.5. The predicted octanol–water partition coefficient (Wildman–Crippen LogP) is 2.38. The molecular weight excluding hydrogens is 206 g/mol. The molecular formula is C12H13NO3. The molecule has 1 heterocycles. The Morgan fingerprint density at radius 3 is 3.00 bits per heavy atom. The molecule has 0 N–H and O–H groups in total. The molecule has 16 heavy (non-hydrogen) atoms. The standard InChI is InChI=1S/C12H13NO3/c1-14-9-4-10(5-9)16-8-2-3-12-11(6-8)13-7-15-12/h2-3,6-7,9-10H,4-5H2,1H3. The molecule has 0 amide bonds. The Kier molecular flexibility index (Phi) is 2.29. The van der Waals surface area contributed by atoms with Crippen LogP contribution in [-0.2, 0) is 4.74 Å². The summed E-state index contributed by atoms with van der Waals surface area (Å²) in [5.41, 5.74) is 1.62. The molecule has 2 aromatic rings. The molecule has 0 spiro atoms. The smallest absolute Gasteiger partial charge is 0.181 e. The van der Waals surface area contributed by atoms with Crippen LogP contribution in [0.3, 0.4) is 0 Å². The molecule has 0 bridgehead atoms. The lowest BCUT2D eigenvalue weighted by Crippen LogP contribution is -2.38. The van der Waals surface area contributed by atoms with Gasteiger partial charge in [0.15, 0.2) is 12.0 Å². The van der Waals surface area contributed by atoms with Crippen LogP contribution in [0.5, 0.6) is 5.75 Å². The number of methoxy groups -OCH3 is 1. The number of rotatable bonds is 3. The predicted molar refractivity (Wildman–Crippen MR) is 58.5 cm³/mol. The van der Waals surface area contributed by atoms with Crippen LogP contribution in [0.2, 0.25) is 0 Å². The second-order valence-electron chi connectivity index (χ2n) is 4.05. The zero-order valence-corrected chi connectivity index (χ0v) is 9.05. The molecule has 3 rings (SSSR count). The van der Waals surface area contributed by atoms with E-state index in [1.807, 2.05) is 18.2 Å². The van der Waals surface area contributed by atoms with E-state index in [9.17, 15) is 0 Å². The molecule has 0 atom stereocenters. The third-order valence-electron chi connectivity index (χ3n) is 2.99. The van der Waals surface area contributed by atoms with Gasteiger partial charge in [0.2, 0.25) is 0 Å². The minimum Gasteiger partial charge on any atom is -0.490 e. The van der Waals surface area contributed by atoms with E-state index in [4.69, 9.17) is 13.9 Å². The van der Waals surface area contributed by atoms with Gasteiger partial charge >= 0.3 is 0 Å². The van der Waals surface area contributed by atoms with Crippen molar-refractivity contribution in [1.29, 1.82) is 0 Å².